The summed E-state index contributed by atoms with van der Waals surface area (Å²) >= 11 is 6.78. The number of rotatable bonds is 1. The van der Waals surface area contributed by atoms with Gasteiger partial charge in [0, 0.05) is 19.5 Å². The van der Waals surface area contributed by atoms with Crippen molar-refractivity contribution in [2.24, 2.45) is 0 Å². The molecule has 2 fully saturated rings. The van der Waals surface area contributed by atoms with Crippen LogP contribution in [0.15, 0.2) is 0 Å². The lowest BCUT2D eigenvalue weighted by molar-refractivity contribution is -0.137. The molecule has 0 aliphatic carbocycles. The second-order valence-corrected chi connectivity index (χ2v) is 5.36. The Bertz CT molecular complexity index is 251. The van der Waals surface area contributed by atoms with Crippen molar-refractivity contribution in [2.45, 2.75) is 24.5 Å². The standard InChI is InChI=1S/C9H13NO2S2/c11-8-7(3-6-12-8)14-9(13)10-4-1-2-5-10/h7H,1-6H2. The van der Waals surface area contributed by atoms with Crippen molar-refractivity contribution in [2.75, 3.05) is 19.7 Å². The maximum Gasteiger partial charge on any atom is 0.319 e. The number of cyclic esters (lactones) is 1. The monoisotopic (exact) mass is 231 g/mol. The predicted molar refractivity (Wildman–Crippen MR) is 60.4 cm³/mol. The maximum absolute atomic E-state index is 11.2. The third-order valence-corrected chi connectivity index (χ3v) is 4.21. The highest BCUT2D eigenvalue weighted by molar-refractivity contribution is 8.23. The van der Waals surface area contributed by atoms with Gasteiger partial charge in [0.15, 0.2) is 0 Å². The Hall–Kier alpha value is -0.290. The molecule has 0 bridgehead atoms. The fourth-order valence-electron chi connectivity index (χ4n) is 1.68. The molecule has 78 valence electrons. The topological polar surface area (TPSA) is 29.5 Å². The van der Waals surface area contributed by atoms with Crippen molar-refractivity contribution in [3.05, 3.63) is 0 Å². The minimum atomic E-state index is -0.100. The van der Waals surface area contributed by atoms with E-state index in [4.69, 9.17) is 17.0 Å². The van der Waals surface area contributed by atoms with E-state index in [0.717, 1.165) is 23.8 Å². The number of thioether (sulfide) groups is 1. The summed E-state index contributed by atoms with van der Waals surface area (Å²) in [6.45, 7) is 2.65. The molecule has 5 heteroatoms. The Morgan fingerprint density at radius 2 is 2.21 bits per heavy atom. The minimum Gasteiger partial charge on any atom is -0.465 e. The van der Waals surface area contributed by atoms with Gasteiger partial charge in [-0.3, -0.25) is 4.79 Å². The van der Waals surface area contributed by atoms with Gasteiger partial charge in [0.05, 0.1) is 6.61 Å². The highest BCUT2D eigenvalue weighted by Gasteiger charge is 2.30. The number of carbonyl (C=O) groups is 1. The zero-order chi connectivity index (χ0) is 9.97. The highest BCUT2D eigenvalue weighted by Crippen LogP contribution is 2.26. The molecular weight excluding hydrogens is 218 g/mol. The van der Waals surface area contributed by atoms with Gasteiger partial charge in [-0.1, -0.05) is 24.0 Å². The second kappa shape index (κ2) is 4.49. The SMILES string of the molecule is O=C1OCCC1SC(=S)N1CCCC1. The van der Waals surface area contributed by atoms with E-state index in [-0.39, 0.29) is 11.2 Å². The van der Waals surface area contributed by atoms with Crippen molar-refractivity contribution >= 4 is 34.3 Å². The number of carbonyl (C=O) groups excluding carboxylic acids is 1. The molecule has 0 aromatic rings. The highest BCUT2D eigenvalue weighted by atomic mass is 32.2. The molecule has 0 amide bonds. The van der Waals surface area contributed by atoms with Crippen molar-refractivity contribution in [1.82, 2.24) is 4.90 Å². The van der Waals surface area contributed by atoms with Crippen LogP contribution in [0.4, 0.5) is 0 Å². The van der Waals surface area contributed by atoms with Crippen LogP contribution < -0.4 is 0 Å². The Kier molecular flexibility index (Phi) is 3.28. The summed E-state index contributed by atoms with van der Waals surface area (Å²) in [6.07, 6.45) is 3.24. The summed E-state index contributed by atoms with van der Waals surface area (Å²) in [5.74, 6) is -0.100. The van der Waals surface area contributed by atoms with Crippen LogP contribution in [0.5, 0.6) is 0 Å². The van der Waals surface area contributed by atoms with Gasteiger partial charge in [-0.15, -0.1) is 0 Å². The van der Waals surface area contributed by atoms with E-state index in [9.17, 15) is 4.79 Å². The molecule has 2 heterocycles. The van der Waals surface area contributed by atoms with Gasteiger partial charge in [0.1, 0.15) is 9.57 Å². The first-order valence-electron chi connectivity index (χ1n) is 4.89. The van der Waals surface area contributed by atoms with Crippen LogP contribution >= 0.6 is 24.0 Å². The van der Waals surface area contributed by atoms with Gasteiger partial charge in [-0.25, -0.2) is 0 Å². The Labute approximate surface area is 93.2 Å². The summed E-state index contributed by atoms with van der Waals surface area (Å²) < 4.78 is 5.76. The van der Waals surface area contributed by atoms with E-state index in [1.54, 1.807) is 0 Å². The lowest BCUT2D eigenvalue weighted by Gasteiger charge is -2.18. The predicted octanol–water partition coefficient (Wildman–Crippen LogP) is 1.42. The van der Waals surface area contributed by atoms with Gasteiger partial charge in [0.25, 0.3) is 0 Å². The molecule has 2 rings (SSSR count). The molecule has 0 spiro atoms. The summed E-state index contributed by atoms with van der Waals surface area (Å²) in [5.41, 5.74) is 0. The molecule has 0 aromatic carbocycles. The smallest absolute Gasteiger partial charge is 0.319 e. The number of ether oxygens (including phenoxy) is 1. The maximum atomic E-state index is 11.2. The van der Waals surface area contributed by atoms with E-state index in [0.29, 0.717) is 6.61 Å². The van der Waals surface area contributed by atoms with Gasteiger partial charge >= 0.3 is 5.97 Å². The van der Waals surface area contributed by atoms with Gasteiger partial charge in [-0.2, -0.15) is 0 Å². The number of hydrogen-bond donors (Lipinski definition) is 0. The molecule has 1 atom stereocenters. The first-order chi connectivity index (χ1) is 6.77. The fourth-order valence-corrected chi connectivity index (χ4v) is 3.16. The fraction of sp³-hybridized carbons (Fsp3) is 0.778. The molecule has 14 heavy (non-hydrogen) atoms. The van der Waals surface area contributed by atoms with E-state index >= 15 is 0 Å². The van der Waals surface area contributed by atoms with Crippen LogP contribution in [-0.2, 0) is 9.53 Å². The third kappa shape index (κ3) is 2.20. The number of nitrogens with zero attached hydrogens (tertiary/aromatic N) is 1. The van der Waals surface area contributed by atoms with Crippen LogP contribution in [-0.4, -0.2) is 40.1 Å². The average Bonchev–Trinajstić information content (AvgIpc) is 2.77. The first kappa shape index (κ1) is 10.2. The number of thiocarbonyl (C=S) groups is 1. The Morgan fingerprint density at radius 3 is 2.79 bits per heavy atom. The van der Waals surface area contributed by atoms with Gasteiger partial charge in [-0.05, 0) is 12.8 Å². The van der Waals surface area contributed by atoms with Crippen LogP contribution in [0.2, 0.25) is 0 Å². The molecule has 0 N–H and O–H groups in total. The summed E-state index contributed by atoms with van der Waals surface area (Å²) in [6, 6.07) is 0. The molecule has 2 saturated heterocycles. The van der Waals surface area contributed by atoms with E-state index in [1.165, 1.54) is 24.6 Å². The molecule has 2 aliphatic heterocycles. The van der Waals surface area contributed by atoms with E-state index in [2.05, 4.69) is 4.90 Å². The molecule has 0 saturated carbocycles. The zero-order valence-electron chi connectivity index (χ0n) is 7.90. The molecular formula is C9H13NO2S2. The van der Waals surface area contributed by atoms with E-state index in [1.807, 2.05) is 0 Å². The van der Waals surface area contributed by atoms with Crippen LogP contribution in [0.25, 0.3) is 0 Å². The first-order valence-corrected chi connectivity index (χ1v) is 6.18. The summed E-state index contributed by atoms with van der Waals surface area (Å²) in [7, 11) is 0. The van der Waals surface area contributed by atoms with Gasteiger partial charge < -0.3 is 9.64 Å². The quantitative estimate of drug-likeness (QED) is 0.503. The zero-order valence-corrected chi connectivity index (χ0v) is 9.53. The van der Waals surface area contributed by atoms with Crippen molar-refractivity contribution < 1.29 is 9.53 Å². The average molecular weight is 231 g/mol. The van der Waals surface area contributed by atoms with Crippen LogP contribution in [0.3, 0.4) is 0 Å². The molecule has 1 unspecified atom stereocenters. The lowest BCUT2D eigenvalue weighted by atomic mass is 10.4. The third-order valence-electron chi connectivity index (χ3n) is 2.49. The number of hydrogen-bond acceptors (Lipinski definition) is 4. The van der Waals surface area contributed by atoms with Gasteiger partial charge in [0.2, 0.25) is 0 Å². The summed E-state index contributed by atoms with van der Waals surface area (Å²) in [4.78, 5) is 13.4. The Morgan fingerprint density at radius 1 is 1.50 bits per heavy atom. The second-order valence-electron chi connectivity index (χ2n) is 3.52. The molecule has 0 radical (unpaired) electrons. The molecule has 2 aliphatic rings. The lowest BCUT2D eigenvalue weighted by Crippen LogP contribution is -2.26. The van der Waals surface area contributed by atoms with Crippen LogP contribution in [0, 0.1) is 0 Å². The number of esters is 1. The van der Waals surface area contributed by atoms with Crippen molar-refractivity contribution in [3.8, 4) is 0 Å². The Balaban J connectivity index is 1.84. The van der Waals surface area contributed by atoms with Crippen LogP contribution in [0.1, 0.15) is 19.3 Å². The largest absolute Gasteiger partial charge is 0.465 e. The normalized spacial score (nSPS) is 26.7. The minimum absolute atomic E-state index is 0.0527. The van der Waals surface area contributed by atoms with Crippen molar-refractivity contribution in [1.29, 1.82) is 0 Å². The summed E-state index contributed by atoms with van der Waals surface area (Å²) in [5, 5.41) is -0.0527. The van der Waals surface area contributed by atoms with E-state index < -0.39 is 0 Å². The number of likely N-dealkylation sites (tertiary alicyclic amines) is 1. The molecule has 0 aromatic heterocycles. The molecule has 3 nitrogen and oxygen atoms in total. The van der Waals surface area contributed by atoms with Crippen molar-refractivity contribution in [3.63, 3.8) is 0 Å².